The van der Waals surface area contributed by atoms with Crippen LogP contribution in [0.4, 0.5) is 22.0 Å². The van der Waals surface area contributed by atoms with Gasteiger partial charge in [0.25, 0.3) is 0 Å². The van der Waals surface area contributed by atoms with Crippen LogP contribution in [0.25, 0.3) is 0 Å². The van der Waals surface area contributed by atoms with Crippen molar-refractivity contribution in [3.8, 4) is 0 Å². The number of halogens is 5. The van der Waals surface area contributed by atoms with E-state index in [9.17, 15) is 17.6 Å². The summed E-state index contributed by atoms with van der Waals surface area (Å²) in [5.41, 5.74) is 0. The van der Waals surface area contributed by atoms with E-state index in [1.54, 1.807) is 0 Å². The first-order valence-corrected chi connectivity index (χ1v) is 11.0. The SMILES string of the molecule is [2H]C1(F)C(OCC(F)(F)F)C(F)=CC([2H])(C2CCC(C3CCC(CCC)CC3)CC2)C1([2H])[2H]. The predicted octanol–water partition coefficient (Wildman–Crippen LogP) is 7.56. The van der Waals surface area contributed by atoms with Crippen molar-refractivity contribution in [1.82, 2.24) is 0 Å². The average molecular weight is 427 g/mol. The summed E-state index contributed by atoms with van der Waals surface area (Å²) < 4.78 is 105. The second-order valence-corrected chi connectivity index (χ2v) is 8.94. The molecule has 2 saturated carbocycles. The van der Waals surface area contributed by atoms with Crippen LogP contribution in [-0.2, 0) is 4.74 Å². The Hall–Kier alpha value is -0.650. The van der Waals surface area contributed by atoms with Gasteiger partial charge in [-0.3, -0.25) is 0 Å². The van der Waals surface area contributed by atoms with E-state index in [-0.39, 0.29) is 0 Å². The molecule has 29 heavy (non-hydrogen) atoms. The first-order valence-electron chi connectivity index (χ1n) is 13.0. The minimum atomic E-state index is -4.88. The predicted molar refractivity (Wildman–Crippen MR) is 104 cm³/mol. The highest BCUT2D eigenvalue weighted by atomic mass is 19.4. The highest BCUT2D eigenvalue weighted by molar-refractivity contribution is 5.11. The first kappa shape index (κ1) is 18.0. The van der Waals surface area contributed by atoms with Crippen molar-refractivity contribution in [3.05, 3.63) is 11.9 Å². The Bertz CT molecular complexity index is 697. The molecule has 168 valence electrons. The van der Waals surface area contributed by atoms with E-state index in [1.807, 2.05) is 0 Å². The van der Waals surface area contributed by atoms with Crippen molar-refractivity contribution in [2.75, 3.05) is 6.61 Å². The molecule has 0 aromatic rings. The van der Waals surface area contributed by atoms with Crippen molar-refractivity contribution in [1.29, 1.82) is 0 Å². The molecule has 3 rings (SSSR count). The average Bonchev–Trinajstić information content (AvgIpc) is 2.72. The van der Waals surface area contributed by atoms with Gasteiger partial charge in [0, 0.05) is 4.11 Å². The van der Waals surface area contributed by atoms with E-state index in [0.717, 1.165) is 31.6 Å². The summed E-state index contributed by atoms with van der Waals surface area (Å²) in [6, 6.07) is 0. The Kier molecular flexibility index (Phi) is 6.26. The van der Waals surface area contributed by atoms with E-state index in [1.165, 1.54) is 25.7 Å². The second-order valence-electron chi connectivity index (χ2n) is 8.94. The van der Waals surface area contributed by atoms with Gasteiger partial charge in [0.05, 0.1) is 1.37 Å². The van der Waals surface area contributed by atoms with Crippen LogP contribution in [0.2, 0.25) is 0 Å². The molecule has 0 aliphatic heterocycles. The fourth-order valence-corrected chi connectivity index (χ4v) is 5.39. The zero-order valence-electron chi connectivity index (χ0n) is 21.0. The third-order valence-electron chi connectivity index (χ3n) is 6.92. The van der Waals surface area contributed by atoms with Gasteiger partial charge in [0.1, 0.15) is 24.7 Å². The van der Waals surface area contributed by atoms with Crippen LogP contribution < -0.4 is 0 Å². The van der Waals surface area contributed by atoms with Crippen molar-refractivity contribution >= 4 is 0 Å². The number of rotatable bonds is 6. The molecule has 0 heterocycles. The van der Waals surface area contributed by atoms with Crippen LogP contribution in [-0.4, -0.2) is 25.0 Å². The molecule has 3 unspecified atom stereocenters. The van der Waals surface area contributed by atoms with Crippen LogP contribution in [0.15, 0.2) is 11.9 Å². The van der Waals surface area contributed by atoms with Crippen LogP contribution in [0.5, 0.6) is 0 Å². The Labute approximate surface area is 177 Å². The largest absolute Gasteiger partial charge is 0.411 e. The summed E-state index contributed by atoms with van der Waals surface area (Å²) in [7, 11) is 0. The molecular formula is C23H35F5O. The number of hydrogen-bond acceptors (Lipinski definition) is 1. The van der Waals surface area contributed by atoms with Gasteiger partial charge in [-0.2, -0.15) is 13.2 Å². The second kappa shape index (κ2) is 10.1. The molecule has 0 bridgehead atoms. The van der Waals surface area contributed by atoms with E-state index >= 15 is 4.39 Å². The van der Waals surface area contributed by atoms with Crippen LogP contribution in [0.3, 0.4) is 0 Å². The molecule has 3 aliphatic rings. The highest BCUT2D eigenvalue weighted by Crippen LogP contribution is 2.46. The van der Waals surface area contributed by atoms with E-state index in [0.29, 0.717) is 30.8 Å². The van der Waals surface area contributed by atoms with E-state index < -0.39 is 49.0 Å². The van der Waals surface area contributed by atoms with Gasteiger partial charge < -0.3 is 4.74 Å². The van der Waals surface area contributed by atoms with Gasteiger partial charge in [-0.25, -0.2) is 8.78 Å². The molecule has 6 heteroatoms. The van der Waals surface area contributed by atoms with Gasteiger partial charge in [0.2, 0.25) is 0 Å². The lowest BCUT2D eigenvalue weighted by Gasteiger charge is -2.40. The molecule has 0 N–H and O–H groups in total. The number of hydrogen-bond donors (Lipinski definition) is 0. The van der Waals surface area contributed by atoms with Crippen molar-refractivity contribution in [2.45, 2.75) is 95.9 Å². The third kappa shape index (κ3) is 6.41. The quantitative estimate of drug-likeness (QED) is 0.398. The Morgan fingerprint density at radius 1 is 1.03 bits per heavy atom. The fourth-order valence-electron chi connectivity index (χ4n) is 5.39. The van der Waals surface area contributed by atoms with E-state index in [4.69, 9.17) is 5.48 Å². The van der Waals surface area contributed by atoms with Crippen molar-refractivity contribution < 1.29 is 32.2 Å². The molecule has 0 aromatic carbocycles. The third-order valence-corrected chi connectivity index (χ3v) is 6.92. The van der Waals surface area contributed by atoms with Gasteiger partial charge in [-0.1, -0.05) is 32.6 Å². The van der Waals surface area contributed by atoms with Crippen molar-refractivity contribution in [2.24, 2.45) is 29.6 Å². The summed E-state index contributed by atoms with van der Waals surface area (Å²) >= 11 is 0. The normalized spacial score (nSPS) is 48.1. The van der Waals surface area contributed by atoms with E-state index in [2.05, 4.69) is 11.7 Å². The highest BCUT2D eigenvalue weighted by Gasteiger charge is 2.40. The maximum absolute atomic E-state index is 15.3. The Morgan fingerprint density at radius 3 is 2.14 bits per heavy atom. The molecule has 2 fully saturated rings. The van der Waals surface area contributed by atoms with Gasteiger partial charge in [-0.15, -0.1) is 0 Å². The maximum Gasteiger partial charge on any atom is 0.411 e. The monoisotopic (exact) mass is 426 g/mol. The van der Waals surface area contributed by atoms with Crippen LogP contribution in [0.1, 0.15) is 83.0 Å². The Morgan fingerprint density at radius 2 is 1.59 bits per heavy atom. The van der Waals surface area contributed by atoms with Gasteiger partial charge in [-0.05, 0) is 80.5 Å². The lowest BCUT2D eigenvalue weighted by Crippen LogP contribution is -2.37. The molecule has 3 aliphatic carbocycles. The zero-order valence-corrected chi connectivity index (χ0v) is 17.0. The standard InChI is InChI=1S/C23H35F5O/c1-2-3-15-4-6-16(7-5-15)17-8-10-18(11-9-17)19-12-20(24)22(21(25)13-19)29-14-23(26,27)28/h12,15-19,21-22H,2-11,13-14H2,1H3/i13D2,19D,21D. The summed E-state index contributed by atoms with van der Waals surface area (Å²) in [6.45, 7) is 0.190. The van der Waals surface area contributed by atoms with Crippen molar-refractivity contribution in [3.63, 3.8) is 0 Å². The molecule has 0 spiro atoms. The smallest absolute Gasteiger partial charge is 0.359 e. The summed E-state index contributed by atoms with van der Waals surface area (Å²) in [5, 5.41) is 0. The molecule has 0 aromatic heterocycles. The fraction of sp³-hybridized carbons (Fsp3) is 0.913. The number of allylic oxidation sites excluding steroid dienone is 1. The molecule has 1 nitrogen and oxygen atoms in total. The number of alkyl halides is 4. The Balaban J connectivity index is 1.69. The number of ether oxygens (including phenoxy) is 1. The van der Waals surface area contributed by atoms with Gasteiger partial charge in [0.15, 0.2) is 0 Å². The van der Waals surface area contributed by atoms with Crippen LogP contribution in [0, 0.1) is 29.6 Å². The van der Waals surface area contributed by atoms with Gasteiger partial charge >= 0.3 is 6.18 Å². The minimum Gasteiger partial charge on any atom is -0.359 e. The van der Waals surface area contributed by atoms with Crippen LogP contribution >= 0.6 is 0 Å². The lowest BCUT2D eigenvalue weighted by atomic mass is 9.66. The minimum absolute atomic E-state index is 0.399. The molecule has 0 saturated heterocycles. The summed E-state index contributed by atoms with van der Waals surface area (Å²) in [4.78, 5) is 0. The first-order chi connectivity index (χ1) is 15.2. The lowest BCUT2D eigenvalue weighted by molar-refractivity contribution is -0.190. The molecule has 0 amide bonds. The summed E-state index contributed by atoms with van der Waals surface area (Å²) in [6.07, 6.45) is -4.68. The zero-order chi connectivity index (χ0) is 24.7. The molecular weight excluding hydrogens is 387 g/mol. The topological polar surface area (TPSA) is 9.23 Å². The maximum atomic E-state index is 15.3. The molecule has 3 atom stereocenters. The molecule has 0 radical (unpaired) electrons. The summed E-state index contributed by atoms with van der Waals surface area (Å²) in [5.74, 6) is -2.84.